The number of fused-ring (bicyclic) bond motifs is 1. The summed E-state index contributed by atoms with van der Waals surface area (Å²) in [4.78, 5) is 35.4. The molecule has 1 aliphatic heterocycles. The number of carbonyl (C=O) groups is 1. The lowest BCUT2D eigenvalue weighted by Gasteiger charge is -2.19. The summed E-state index contributed by atoms with van der Waals surface area (Å²) in [6.07, 6.45) is 1.80. The van der Waals surface area contributed by atoms with Gasteiger partial charge in [0.1, 0.15) is 0 Å². The Kier molecular flexibility index (Phi) is 5.16. The number of rotatable bonds is 5. The molecule has 29 heavy (non-hydrogen) atoms. The zero-order valence-electron chi connectivity index (χ0n) is 16.5. The molecule has 1 fully saturated rings. The van der Waals surface area contributed by atoms with Crippen LogP contribution in [0.25, 0.3) is 5.78 Å². The predicted molar refractivity (Wildman–Crippen MR) is 108 cm³/mol. The van der Waals surface area contributed by atoms with Crippen molar-refractivity contribution in [3.8, 4) is 0 Å². The number of anilines is 1. The minimum absolute atomic E-state index is 0.00209. The van der Waals surface area contributed by atoms with Crippen molar-refractivity contribution < 1.29 is 9.90 Å². The number of aliphatic hydroxyl groups is 1. The van der Waals surface area contributed by atoms with Gasteiger partial charge in [0, 0.05) is 23.5 Å². The minimum Gasteiger partial charge on any atom is -0.387 e. The summed E-state index contributed by atoms with van der Waals surface area (Å²) in [6, 6.07) is 7.07. The van der Waals surface area contributed by atoms with E-state index >= 15 is 0 Å². The second-order valence-electron chi connectivity index (χ2n) is 7.43. The summed E-state index contributed by atoms with van der Waals surface area (Å²) >= 11 is 0. The zero-order chi connectivity index (χ0) is 20.5. The maximum Gasteiger partial charge on any atom is 0.293 e. The smallest absolute Gasteiger partial charge is 0.293 e. The molecule has 4 rings (SSSR count). The lowest BCUT2D eigenvalue weighted by molar-refractivity contribution is 0.101. The van der Waals surface area contributed by atoms with Crippen LogP contribution in [0, 0.1) is 13.8 Å². The van der Waals surface area contributed by atoms with Crippen LogP contribution in [0.4, 0.5) is 5.69 Å². The van der Waals surface area contributed by atoms with Gasteiger partial charge in [0.15, 0.2) is 0 Å². The van der Waals surface area contributed by atoms with Crippen molar-refractivity contribution in [3.05, 3.63) is 57.3 Å². The molecular formula is C20H24N6O3. The maximum absolute atomic E-state index is 12.5. The van der Waals surface area contributed by atoms with E-state index in [1.165, 1.54) is 12.8 Å². The van der Waals surface area contributed by atoms with Gasteiger partial charge >= 0.3 is 0 Å². The van der Waals surface area contributed by atoms with Gasteiger partial charge in [-0.2, -0.15) is 9.50 Å². The van der Waals surface area contributed by atoms with Gasteiger partial charge in [-0.25, -0.2) is 4.98 Å². The first kappa shape index (κ1) is 19.3. The molecule has 3 aromatic rings. The Hall–Kier alpha value is -3.04. The molecular weight excluding hydrogens is 372 g/mol. The van der Waals surface area contributed by atoms with Crippen molar-refractivity contribution >= 4 is 17.4 Å². The normalized spacial score (nSPS) is 15.7. The highest BCUT2D eigenvalue weighted by Gasteiger charge is 2.18. The number of hydrogen-bond donors (Lipinski definition) is 3. The Labute approximate surface area is 167 Å². The number of aryl methyl sites for hydroxylation is 1. The van der Waals surface area contributed by atoms with Crippen LogP contribution in [0.5, 0.6) is 0 Å². The molecule has 2 aromatic heterocycles. The maximum atomic E-state index is 12.5. The fraction of sp³-hybridized carbons (Fsp3) is 0.400. The third kappa shape index (κ3) is 3.92. The van der Waals surface area contributed by atoms with Crippen LogP contribution in [-0.4, -0.2) is 55.1 Å². The van der Waals surface area contributed by atoms with Crippen LogP contribution in [0.2, 0.25) is 0 Å². The molecule has 9 heteroatoms. The number of benzene rings is 1. The molecule has 1 amide bonds. The van der Waals surface area contributed by atoms with E-state index in [9.17, 15) is 14.7 Å². The highest BCUT2D eigenvalue weighted by Crippen LogP contribution is 2.20. The Bertz CT molecular complexity index is 1100. The van der Waals surface area contributed by atoms with E-state index < -0.39 is 12.0 Å². The average molecular weight is 396 g/mol. The largest absolute Gasteiger partial charge is 0.387 e. The number of hydrogen-bond acceptors (Lipinski definition) is 6. The van der Waals surface area contributed by atoms with Gasteiger partial charge in [0.2, 0.25) is 5.82 Å². The summed E-state index contributed by atoms with van der Waals surface area (Å²) in [5.74, 6) is -0.322. The Balaban J connectivity index is 1.46. The lowest BCUT2D eigenvalue weighted by atomic mass is 10.1. The van der Waals surface area contributed by atoms with E-state index in [0.29, 0.717) is 23.5 Å². The molecule has 152 valence electrons. The quantitative estimate of drug-likeness (QED) is 0.601. The Morgan fingerprint density at radius 2 is 1.90 bits per heavy atom. The summed E-state index contributed by atoms with van der Waals surface area (Å²) in [7, 11) is 0. The van der Waals surface area contributed by atoms with Crippen molar-refractivity contribution in [2.24, 2.45) is 0 Å². The second kappa shape index (κ2) is 7.76. The zero-order valence-corrected chi connectivity index (χ0v) is 16.5. The summed E-state index contributed by atoms with van der Waals surface area (Å²) < 4.78 is 1.16. The number of carbonyl (C=O) groups excluding carboxylic acids is 1. The number of aromatic amines is 1. The Morgan fingerprint density at radius 1 is 1.21 bits per heavy atom. The van der Waals surface area contributed by atoms with E-state index in [1.54, 1.807) is 38.1 Å². The molecule has 0 bridgehead atoms. The van der Waals surface area contributed by atoms with E-state index in [-0.39, 0.29) is 17.2 Å². The predicted octanol–water partition coefficient (Wildman–Crippen LogP) is 1.42. The molecule has 9 nitrogen and oxygen atoms in total. The topological polar surface area (TPSA) is 116 Å². The first-order valence-electron chi connectivity index (χ1n) is 9.70. The van der Waals surface area contributed by atoms with Crippen molar-refractivity contribution in [1.29, 1.82) is 0 Å². The number of amides is 1. The number of H-pyrrole nitrogens is 1. The van der Waals surface area contributed by atoms with Crippen molar-refractivity contribution in [2.45, 2.75) is 32.8 Å². The standard InChI is InChI=1S/C20H24N6O3/c1-12-13(2)21-20-23-17(24-26(20)19(12)29)18(28)22-15-7-5-14(6-8-15)16(27)11-25-9-3-4-10-25/h5-8,16,27H,3-4,9-11H2,1-2H3,(H,22,28)(H,21,23,24). The van der Waals surface area contributed by atoms with Gasteiger partial charge in [0.05, 0.1) is 6.10 Å². The number of nitrogens with one attached hydrogen (secondary N) is 2. The summed E-state index contributed by atoms with van der Waals surface area (Å²) in [6.45, 7) is 6.08. The molecule has 0 spiro atoms. The monoisotopic (exact) mass is 396 g/mol. The molecule has 0 radical (unpaired) electrons. The van der Waals surface area contributed by atoms with Crippen LogP contribution in [-0.2, 0) is 0 Å². The van der Waals surface area contributed by atoms with Gasteiger partial charge in [0.25, 0.3) is 17.2 Å². The van der Waals surface area contributed by atoms with Crippen LogP contribution in [0.15, 0.2) is 29.1 Å². The van der Waals surface area contributed by atoms with Crippen molar-refractivity contribution in [2.75, 3.05) is 25.0 Å². The van der Waals surface area contributed by atoms with E-state index in [2.05, 4.69) is 25.3 Å². The highest BCUT2D eigenvalue weighted by atomic mass is 16.3. The molecule has 1 saturated heterocycles. The average Bonchev–Trinajstić information content (AvgIpc) is 3.36. The minimum atomic E-state index is -0.558. The van der Waals surface area contributed by atoms with Crippen LogP contribution in [0.1, 0.15) is 46.4 Å². The van der Waals surface area contributed by atoms with Crippen LogP contribution < -0.4 is 10.9 Å². The SMILES string of the molecule is Cc1nc2nc(C(=O)Nc3ccc(C(O)CN4CCCC4)cc3)[nH]n2c(=O)c1C. The fourth-order valence-corrected chi connectivity index (χ4v) is 3.50. The first-order valence-corrected chi connectivity index (χ1v) is 9.70. The highest BCUT2D eigenvalue weighted by molar-refractivity contribution is 6.01. The van der Waals surface area contributed by atoms with Crippen molar-refractivity contribution in [1.82, 2.24) is 24.5 Å². The first-order chi connectivity index (χ1) is 13.9. The summed E-state index contributed by atoms with van der Waals surface area (Å²) in [5, 5.41) is 15.8. The van der Waals surface area contributed by atoms with Crippen molar-refractivity contribution in [3.63, 3.8) is 0 Å². The molecule has 1 aromatic carbocycles. The molecule has 1 unspecified atom stereocenters. The van der Waals surface area contributed by atoms with Gasteiger partial charge in [-0.05, 0) is 57.5 Å². The Morgan fingerprint density at radius 3 is 2.59 bits per heavy atom. The number of likely N-dealkylation sites (tertiary alicyclic amines) is 1. The molecule has 1 aliphatic rings. The molecule has 3 heterocycles. The third-order valence-electron chi connectivity index (χ3n) is 5.36. The molecule has 0 saturated carbocycles. The number of aliphatic hydroxyl groups excluding tert-OH is 1. The number of nitrogens with zero attached hydrogens (tertiary/aromatic N) is 4. The van der Waals surface area contributed by atoms with Crippen LogP contribution >= 0.6 is 0 Å². The third-order valence-corrected chi connectivity index (χ3v) is 5.36. The number of β-amino-alcohol motifs (C(OH)–C–C–N with tert-alkyl or cyclic N) is 1. The molecule has 0 aliphatic carbocycles. The van der Waals surface area contributed by atoms with Gasteiger partial charge in [-0.1, -0.05) is 12.1 Å². The number of aromatic nitrogens is 4. The van der Waals surface area contributed by atoms with Gasteiger partial charge in [-0.3, -0.25) is 14.7 Å². The van der Waals surface area contributed by atoms with E-state index in [1.807, 2.05) is 0 Å². The molecule has 3 N–H and O–H groups in total. The van der Waals surface area contributed by atoms with Gasteiger partial charge in [-0.15, -0.1) is 0 Å². The fourth-order valence-electron chi connectivity index (χ4n) is 3.50. The van der Waals surface area contributed by atoms with E-state index in [0.717, 1.165) is 23.2 Å². The second-order valence-corrected chi connectivity index (χ2v) is 7.43. The summed E-state index contributed by atoms with van der Waals surface area (Å²) in [5.41, 5.74) is 2.17. The molecule has 1 atom stereocenters. The lowest BCUT2D eigenvalue weighted by Crippen LogP contribution is -2.25. The van der Waals surface area contributed by atoms with Crippen LogP contribution in [0.3, 0.4) is 0 Å². The van der Waals surface area contributed by atoms with Gasteiger partial charge < -0.3 is 15.3 Å². The van der Waals surface area contributed by atoms with E-state index in [4.69, 9.17) is 0 Å².